The number of nitrogens with two attached hydrogens (primary N) is 1. The van der Waals surface area contributed by atoms with E-state index in [9.17, 15) is 4.79 Å². The molecule has 1 amide bonds. The lowest BCUT2D eigenvalue weighted by Crippen LogP contribution is -2.14. The first-order chi connectivity index (χ1) is 7.74. The number of primary amides is 1. The Balaban J connectivity index is 2.80. The van der Waals surface area contributed by atoms with Gasteiger partial charge in [0.15, 0.2) is 0 Å². The van der Waals surface area contributed by atoms with E-state index in [1.165, 1.54) is 6.42 Å². The predicted octanol–water partition coefficient (Wildman–Crippen LogP) is 2.01. The van der Waals surface area contributed by atoms with Crippen molar-refractivity contribution in [2.24, 2.45) is 5.73 Å². The Labute approximate surface area is 93.1 Å². The summed E-state index contributed by atoms with van der Waals surface area (Å²) in [6, 6.07) is 13.0. The zero-order valence-corrected chi connectivity index (χ0v) is 8.47. The van der Waals surface area contributed by atoms with Gasteiger partial charge in [-0.15, -0.1) is 0 Å². The first-order valence-corrected chi connectivity index (χ1v) is 4.78. The van der Waals surface area contributed by atoms with E-state index in [1.54, 1.807) is 6.07 Å². The summed E-state index contributed by atoms with van der Waals surface area (Å²) < 4.78 is 0. The number of amides is 1. The lowest BCUT2D eigenvalue weighted by Gasteiger charge is -2.07. The molecule has 1 radical (unpaired) electrons. The molecule has 3 heteroatoms. The minimum atomic E-state index is -0.515. The summed E-state index contributed by atoms with van der Waals surface area (Å²) in [4.78, 5) is 11.4. The highest BCUT2D eigenvalue weighted by Crippen LogP contribution is 2.23. The van der Waals surface area contributed by atoms with Crippen molar-refractivity contribution in [2.75, 3.05) is 0 Å². The van der Waals surface area contributed by atoms with Crippen LogP contribution in [0.5, 0.6) is 0 Å². The fourth-order valence-corrected chi connectivity index (χ4v) is 1.75. The van der Waals surface area contributed by atoms with Crippen molar-refractivity contribution in [3.63, 3.8) is 0 Å². The van der Waals surface area contributed by atoms with Crippen molar-refractivity contribution in [1.29, 1.82) is 5.26 Å². The van der Waals surface area contributed by atoms with Gasteiger partial charge in [-0.3, -0.25) is 4.79 Å². The van der Waals surface area contributed by atoms with Gasteiger partial charge in [-0.2, -0.15) is 5.26 Å². The maximum absolute atomic E-state index is 11.4. The Morgan fingerprint density at radius 1 is 1.25 bits per heavy atom. The Kier molecular flexibility index (Phi) is 2.57. The fourth-order valence-electron chi connectivity index (χ4n) is 1.75. The van der Waals surface area contributed by atoms with Gasteiger partial charge in [-0.25, -0.2) is 0 Å². The van der Waals surface area contributed by atoms with Crippen molar-refractivity contribution in [3.8, 4) is 6.07 Å². The summed E-state index contributed by atoms with van der Waals surface area (Å²) in [5.41, 5.74) is 6.31. The van der Waals surface area contributed by atoms with Gasteiger partial charge in [-0.05, 0) is 16.3 Å². The van der Waals surface area contributed by atoms with Crippen molar-refractivity contribution in [2.45, 2.75) is 0 Å². The molecule has 2 N–H and O–H groups in total. The van der Waals surface area contributed by atoms with Crippen LogP contribution < -0.4 is 5.73 Å². The van der Waals surface area contributed by atoms with Crippen LogP contribution in [0.25, 0.3) is 10.8 Å². The number of nitrogens with zero attached hydrogens (tertiary/aromatic N) is 1. The molecular formula is C13H9N2O. The van der Waals surface area contributed by atoms with Gasteiger partial charge in [-0.1, -0.05) is 36.4 Å². The second-order valence-electron chi connectivity index (χ2n) is 3.39. The van der Waals surface area contributed by atoms with E-state index >= 15 is 0 Å². The SMILES string of the molecule is N#C[CH]c1ccc2ccccc2c1C(N)=O. The Hall–Kier alpha value is -2.34. The van der Waals surface area contributed by atoms with E-state index < -0.39 is 5.91 Å². The van der Waals surface area contributed by atoms with Gasteiger partial charge in [0, 0.05) is 0 Å². The standard InChI is InChI=1S/C13H9N2O/c14-8-7-10-6-5-9-3-1-2-4-11(9)12(10)13(15)16/h1-7H,(H2,15,16). The molecule has 0 bridgehead atoms. The lowest BCUT2D eigenvalue weighted by atomic mass is 9.97. The lowest BCUT2D eigenvalue weighted by molar-refractivity contribution is 0.100. The summed E-state index contributed by atoms with van der Waals surface area (Å²) in [7, 11) is 0. The third-order valence-electron chi connectivity index (χ3n) is 2.43. The molecule has 0 saturated heterocycles. The highest BCUT2D eigenvalue weighted by Gasteiger charge is 2.12. The first kappa shape index (κ1) is 10.2. The summed E-state index contributed by atoms with van der Waals surface area (Å²) in [5, 5.41) is 10.4. The van der Waals surface area contributed by atoms with Gasteiger partial charge in [0.05, 0.1) is 18.1 Å². The van der Waals surface area contributed by atoms with E-state index in [0.29, 0.717) is 11.1 Å². The Bertz CT molecular complexity index is 596. The van der Waals surface area contributed by atoms with Crippen molar-refractivity contribution in [1.82, 2.24) is 0 Å². The third-order valence-corrected chi connectivity index (χ3v) is 2.43. The summed E-state index contributed by atoms with van der Waals surface area (Å²) >= 11 is 0. The third kappa shape index (κ3) is 1.61. The van der Waals surface area contributed by atoms with Gasteiger partial charge in [0.1, 0.15) is 0 Å². The molecule has 0 heterocycles. The van der Waals surface area contributed by atoms with Crippen LogP contribution >= 0.6 is 0 Å². The monoisotopic (exact) mass is 209 g/mol. The quantitative estimate of drug-likeness (QED) is 0.822. The first-order valence-electron chi connectivity index (χ1n) is 4.78. The van der Waals surface area contributed by atoms with Crippen molar-refractivity contribution in [3.05, 3.63) is 53.9 Å². The van der Waals surface area contributed by atoms with Crippen molar-refractivity contribution >= 4 is 16.7 Å². The number of benzene rings is 2. The molecular weight excluding hydrogens is 200 g/mol. The van der Waals surface area contributed by atoms with Crippen LogP contribution in [0.2, 0.25) is 0 Å². The average Bonchev–Trinajstić information content (AvgIpc) is 2.28. The average molecular weight is 209 g/mol. The van der Waals surface area contributed by atoms with Crippen molar-refractivity contribution < 1.29 is 4.79 Å². The number of hydrogen-bond donors (Lipinski definition) is 1. The molecule has 3 nitrogen and oxygen atoms in total. The zero-order valence-electron chi connectivity index (χ0n) is 8.47. The maximum atomic E-state index is 11.4. The number of carbonyl (C=O) groups excluding carboxylic acids is 1. The summed E-state index contributed by atoms with van der Waals surface area (Å²) in [6.45, 7) is 0. The number of hydrogen-bond acceptors (Lipinski definition) is 2. The molecule has 77 valence electrons. The smallest absolute Gasteiger partial charge is 0.249 e. The second-order valence-corrected chi connectivity index (χ2v) is 3.39. The molecule has 0 aliphatic heterocycles. The molecule has 0 saturated carbocycles. The van der Waals surface area contributed by atoms with E-state index in [-0.39, 0.29) is 0 Å². The van der Waals surface area contributed by atoms with Gasteiger partial charge < -0.3 is 5.73 Å². The zero-order chi connectivity index (χ0) is 11.5. The van der Waals surface area contributed by atoms with Crippen LogP contribution in [-0.4, -0.2) is 5.91 Å². The normalized spacial score (nSPS) is 9.94. The molecule has 2 aromatic rings. The molecule has 0 spiro atoms. The molecule has 16 heavy (non-hydrogen) atoms. The summed E-state index contributed by atoms with van der Waals surface area (Å²) in [6.07, 6.45) is 1.33. The fraction of sp³-hybridized carbons (Fsp3) is 0. The Morgan fingerprint density at radius 2 is 2.00 bits per heavy atom. The van der Waals surface area contributed by atoms with Crippen LogP contribution in [0.4, 0.5) is 0 Å². The molecule has 0 unspecified atom stereocenters. The van der Waals surface area contributed by atoms with Gasteiger partial charge in [0.2, 0.25) is 5.91 Å². The second kappa shape index (κ2) is 4.03. The van der Waals surface area contributed by atoms with E-state index in [2.05, 4.69) is 0 Å². The highest BCUT2D eigenvalue weighted by molar-refractivity contribution is 6.08. The highest BCUT2D eigenvalue weighted by atomic mass is 16.1. The molecule has 0 fully saturated rings. The maximum Gasteiger partial charge on any atom is 0.249 e. The number of fused-ring (bicyclic) bond motifs is 1. The molecule has 2 rings (SSSR count). The summed E-state index contributed by atoms with van der Waals surface area (Å²) in [5.74, 6) is -0.515. The van der Waals surface area contributed by atoms with E-state index in [0.717, 1.165) is 10.8 Å². The number of rotatable bonds is 2. The topological polar surface area (TPSA) is 66.9 Å². The van der Waals surface area contributed by atoms with Gasteiger partial charge in [0.25, 0.3) is 0 Å². The molecule has 2 aromatic carbocycles. The van der Waals surface area contributed by atoms with E-state index in [4.69, 9.17) is 11.0 Å². The van der Waals surface area contributed by atoms with E-state index in [1.807, 2.05) is 36.4 Å². The Morgan fingerprint density at radius 3 is 2.69 bits per heavy atom. The number of carbonyl (C=O) groups is 1. The molecule has 0 aliphatic carbocycles. The largest absolute Gasteiger partial charge is 0.366 e. The minimum Gasteiger partial charge on any atom is -0.366 e. The molecule has 0 aromatic heterocycles. The van der Waals surface area contributed by atoms with Crippen LogP contribution in [0.15, 0.2) is 36.4 Å². The van der Waals surface area contributed by atoms with Gasteiger partial charge >= 0.3 is 0 Å². The van der Waals surface area contributed by atoms with Crippen LogP contribution in [-0.2, 0) is 0 Å². The minimum absolute atomic E-state index is 0.402. The van der Waals surface area contributed by atoms with Crippen LogP contribution in [0.1, 0.15) is 15.9 Å². The molecule has 0 aliphatic rings. The van der Waals surface area contributed by atoms with Crippen LogP contribution in [0, 0.1) is 17.8 Å². The predicted molar refractivity (Wildman–Crippen MR) is 61.5 cm³/mol. The number of nitriles is 1. The molecule has 0 atom stereocenters. The van der Waals surface area contributed by atoms with Crippen LogP contribution in [0.3, 0.4) is 0 Å².